The fourth-order valence-electron chi connectivity index (χ4n) is 1.62. The number of carbonyl (C=O) groups excluding carboxylic acids is 1. The van der Waals surface area contributed by atoms with E-state index >= 15 is 0 Å². The van der Waals surface area contributed by atoms with Crippen LogP contribution in [0.2, 0.25) is 0 Å². The second-order valence-electron chi connectivity index (χ2n) is 2.93. The molecule has 3 N–H and O–H groups in total. The largest absolute Gasteiger partial charge is 0.327 e. The van der Waals surface area contributed by atoms with Crippen LogP contribution in [0.25, 0.3) is 0 Å². The van der Waals surface area contributed by atoms with Gasteiger partial charge in [0.1, 0.15) is 5.71 Å². The Morgan fingerprint density at radius 3 is 3.50 bits per heavy atom. The number of hydrazone groups is 1. The van der Waals surface area contributed by atoms with Crippen molar-refractivity contribution in [2.45, 2.75) is 6.04 Å². The maximum absolute atomic E-state index is 11.2. The predicted molar refractivity (Wildman–Crippen MR) is 40.8 cm³/mol. The minimum atomic E-state index is -0.0496. The van der Waals surface area contributed by atoms with Gasteiger partial charge in [0.25, 0.3) is 0 Å². The standard InChI is InChI=1S/C6H7N5O/c12-6-7-3-1-11(6)2-4-5(3)9-10-8-4/h2-3,8,10H,1H2,(H,7,12). The lowest BCUT2D eigenvalue weighted by Gasteiger charge is -2.16. The number of nitrogens with one attached hydrogen (secondary N) is 3. The van der Waals surface area contributed by atoms with E-state index < -0.39 is 0 Å². The Labute approximate surface area is 68.3 Å². The lowest BCUT2D eigenvalue weighted by molar-refractivity contribution is 0.230. The average Bonchev–Trinajstić information content (AvgIpc) is 2.60. The third-order valence-corrected chi connectivity index (χ3v) is 2.20. The lowest BCUT2D eigenvalue weighted by atomic mass is 10.1. The first-order valence-corrected chi connectivity index (χ1v) is 3.72. The molecule has 2 bridgehead atoms. The molecule has 3 aliphatic heterocycles. The van der Waals surface area contributed by atoms with Gasteiger partial charge in [-0.15, -0.1) is 0 Å². The summed E-state index contributed by atoms with van der Waals surface area (Å²) in [5.41, 5.74) is 7.27. The molecule has 1 saturated heterocycles. The minimum absolute atomic E-state index is 0.0417. The van der Waals surface area contributed by atoms with Crippen molar-refractivity contribution < 1.29 is 4.79 Å². The number of nitrogens with zero attached hydrogens (tertiary/aromatic N) is 2. The van der Waals surface area contributed by atoms with Crippen LogP contribution in [0.4, 0.5) is 4.79 Å². The smallest absolute Gasteiger partial charge is 0.322 e. The van der Waals surface area contributed by atoms with Gasteiger partial charge in [0.05, 0.1) is 18.3 Å². The van der Waals surface area contributed by atoms with Crippen LogP contribution < -0.4 is 16.3 Å². The molecule has 0 aromatic carbocycles. The summed E-state index contributed by atoms with van der Waals surface area (Å²) in [6.07, 6.45) is 1.76. The van der Waals surface area contributed by atoms with Crippen molar-refractivity contribution in [2.24, 2.45) is 5.10 Å². The van der Waals surface area contributed by atoms with Crippen molar-refractivity contribution in [2.75, 3.05) is 6.54 Å². The first-order chi connectivity index (χ1) is 5.84. The highest BCUT2D eigenvalue weighted by atomic mass is 16.2. The van der Waals surface area contributed by atoms with Crippen LogP contribution in [-0.4, -0.2) is 29.2 Å². The average molecular weight is 165 g/mol. The summed E-state index contributed by atoms with van der Waals surface area (Å²) in [6, 6.07) is -0.00796. The highest BCUT2D eigenvalue weighted by molar-refractivity contribution is 6.09. The number of hydrogen-bond acceptors (Lipinski definition) is 4. The van der Waals surface area contributed by atoms with Crippen molar-refractivity contribution in [3.05, 3.63) is 11.9 Å². The van der Waals surface area contributed by atoms with Crippen molar-refractivity contribution in [3.8, 4) is 0 Å². The number of hydrazine groups is 1. The molecule has 0 radical (unpaired) electrons. The normalized spacial score (nSPS) is 29.8. The number of urea groups is 1. The van der Waals surface area contributed by atoms with E-state index in [2.05, 4.69) is 21.4 Å². The third-order valence-electron chi connectivity index (χ3n) is 2.20. The van der Waals surface area contributed by atoms with Gasteiger partial charge in [-0.05, 0) is 0 Å². The zero-order valence-corrected chi connectivity index (χ0v) is 6.16. The Bertz CT molecular complexity index is 320. The molecule has 3 aliphatic rings. The predicted octanol–water partition coefficient (Wildman–Crippen LogP) is -1.30. The molecule has 1 unspecified atom stereocenters. The molecular formula is C6H7N5O. The van der Waals surface area contributed by atoms with E-state index in [4.69, 9.17) is 0 Å². The zero-order valence-electron chi connectivity index (χ0n) is 6.16. The Morgan fingerprint density at radius 2 is 2.58 bits per heavy atom. The van der Waals surface area contributed by atoms with Gasteiger partial charge in [0.2, 0.25) is 0 Å². The van der Waals surface area contributed by atoms with Crippen molar-refractivity contribution >= 4 is 11.7 Å². The highest BCUT2D eigenvalue weighted by Crippen LogP contribution is 2.18. The maximum Gasteiger partial charge on any atom is 0.322 e. The van der Waals surface area contributed by atoms with Crippen LogP contribution in [0.1, 0.15) is 0 Å². The Kier molecular flexibility index (Phi) is 0.837. The van der Waals surface area contributed by atoms with Crippen LogP contribution in [0.3, 0.4) is 0 Å². The van der Waals surface area contributed by atoms with E-state index in [1.807, 2.05) is 0 Å². The first-order valence-electron chi connectivity index (χ1n) is 3.72. The number of amides is 2. The molecule has 0 saturated carbocycles. The molecule has 0 aromatic heterocycles. The summed E-state index contributed by atoms with van der Waals surface area (Å²) in [7, 11) is 0. The number of carbonyl (C=O) groups is 1. The van der Waals surface area contributed by atoms with Crippen molar-refractivity contribution in [1.82, 2.24) is 21.2 Å². The molecule has 2 amide bonds. The summed E-state index contributed by atoms with van der Waals surface area (Å²) in [5.74, 6) is 0. The van der Waals surface area contributed by atoms with Crippen LogP contribution in [0.15, 0.2) is 17.0 Å². The van der Waals surface area contributed by atoms with E-state index in [1.54, 1.807) is 11.1 Å². The van der Waals surface area contributed by atoms with Crippen LogP contribution in [-0.2, 0) is 0 Å². The Hall–Kier alpha value is -1.72. The van der Waals surface area contributed by atoms with Crippen LogP contribution >= 0.6 is 0 Å². The van der Waals surface area contributed by atoms with Gasteiger partial charge in [0.15, 0.2) is 0 Å². The summed E-state index contributed by atoms with van der Waals surface area (Å²) >= 11 is 0. The van der Waals surface area contributed by atoms with E-state index in [-0.39, 0.29) is 12.1 Å². The van der Waals surface area contributed by atoms with Gasteiger partial charge in [-0.1, -0.05) is 0 Å². The van der Waals surface area contributed by atoms with Gasteiger partial charge in [-0.3, -0.25) is 10.3 Å². The topological polar surface area (TPSA) is 68.8 Å². The minimum Gasteiger partial charge on any atom is -0.327 e. The van der Waals surface area contributed by atoms with Gasteiger partial charge in [-0.25, -0.2) is 10.3 Å². The highest BCUT2D eigenvalue weighted by Gasteiger charge is 2.38. The summed E-state index contributed by atoms with van der Waals surface area (Å²) < 4.78 is 0. The Morgan fingerprint density at radius 1 is 1.67 bits per heavy atom. The molecule has 6 heteroatoms. The van der Waals surface area contributed by atoms with E-state index in [0.29, 0.717) is 6.54 Å². The molecule has 12 heavy (non-hydrogen) atoms. The van der Waals surface area contributed by atoms with Gasteiger partial charge in [0, 0.05) is 6.20 Å². The molecule has 6 nitrogen and oxygen atoms in total. The molecule has 3 heterocycles. The van der Waals surface area contributed by atoms with E-state index in [1.165, 1.54) is 0 Å². The fraction of sp³-hybridized carbons (Fsp3) is 0.333. The van der Waals surface area contributed by atoms with Gasteiger partial charge >= 0.3 is 6.03 Å². The lowest BCUT2D eigenvalue weighted by Crippen LogP contribution is -2.37. The summed E-state index contributed by atoms with van der Waals surface area (Å²) in [6.45, 7) is 0.685. The second-order valence-corrected chi connectivity index (χ2v) is 2.93. The molecule has 62 valence electrons. The third kappa shape index (κ3) is 0.549. The first kappa shape index (κ1) is 5.87. The maximum atomic E-state index is 11.2. The SMILES string of the molecule is O=C1NC2CN1C=C1NNN=C12. The molecular weight excluding hydrogens is 158 g/mol. The quantitative estimate of drug-likeness (QED) is 0.418. The Balaban J connectivity index is 2.10. The number of rotatable bonds is 0. The van der Waals surface area contributed by atoms with E-state index in [0.717, 1.165) is 11.4 Å². The summed E-state index contributed by atoms with van der Waals surface area (Å²) in [5, 5.41) is 6.83. The monoisotopic (exact) mass is 165 g/mol. The molecule has 0 spiro atoms. The zero-order chi connectivity index (χ0) is 8.13. The van der Waals surface area contributed by atoms with Crippen LogP contribution in [0.5, 0.6) is 0 Å². The fourth-order valence-corrected chi connectivity index (χ4v) is 1.62. The van der Waals surface area contributed by atoms with Crippen LogP contribution in [0, 0.1) is 0 Å². The van der Waals surface area contributed by atoms with Gasteiger partial charge < -0.3 is 5.32 Å². The molecule has 0 aliphatic carbocycles. The molecule has 1 atom stereocenters. The second kappa shape index (κ2) is 1.71. The number of fused-ring (bicyclic) bond motifs is 4. The van der Waals surface area contributed by atoms with Crippen molar-refractivity contribution in [3.63, 3.8) is 0 Å². The van der Waals surface area contributed by atoms with Gasteiger partial charge in [-0.2, -0.15) is 5.10 Å². The number of hydrogen-bond donors (Lipinski definition) is 3. The summed E-state index contributed by atoms with van der Waals surface area (Å²) in [4.78, 5) is 12.8. The molecule has 0 aromatic rings. The molecule has 3 rings (SSSR count). The molecule has 1 fully saturated rings. The van der Waals surface area contributed by atoms with E-state index in [9.17, 15) is 4.79 Å². The van der Waals surface area contributed by atoms with Crippen molar-refractivity contribution in [1.29, 1.82) is 0 Å².